The van der Waals surface area contributed by atoms with Gasteiger partial charge >= 0.3 is 0 Å². The van der Waals surface area contributed by atoms with Crippen LogP contribution >= 0.6 is 0 Å². The molecule has 0 aromatic heterocycles. The monoisotopic (exact) mass is 104 g/mol. The van der Waals surface area contributed by atoms with Crippen LogP contribution in [0.15, 0.2) is 5.10 Å². The highest BCUT2D eigenvalue weighted by Crippen LogP contribution is 1.69. The minimum Gasteiger partial charge on any atom is -0.393 e. The van der Waals surface area contributed by atoms with E-state index in [0.29, 0.717) is 0 Å². The summed E-state index contributed by atoms with van der Waals surface area (Å²) in [5, 5.41) is 19.4. The second kappa shape index (κ2) is 3.58. The molecule has 0 rings (SSSR count). The van der Waals surface area contributed by atoms with E-state index in [-0.39, 0.29) is 6.61 Å². The summed E-state index contributed by atoms with van der Waals surface area (Å²) in [5.41, 5.74) is 0. The fourth-order valence-corrected chi connectivity index (χ4v) is 0.146. The van der Waals surface area contributed by atoms with Crippen LogP contribution in [-0.4, -0.2) is 29.1 Å². The van der Waals surface area contributed by atoms with E-state index in [1.165, 1.54) is 0 Å². The van der Waals surface area contributed by atoms with Crippen LogP contribution in [0.5, 0.6) is 0 Å². The van der Waals surface area contributed by atoms with E-state index in [4.69, 9.17) is 10.2 Å². The predicted molar refractivity (Wildman–Crippen MR) is 25.8 cm³/mol. The van der Waals surface area contributed by atoms with Crippen molar-refractivity contribution in [3.8, 4) is 0 Å². The highest BCUT2D eigenvalue weighted by molar-refractivity contribution is 5.62. The van der Waals surface area contributed by atoms with Crippen LogP contribution in [0, 0.1) is 0 Å². The first-order valence-corrected chi connectivity index (χ1v) is 1.83. The molecule has 4 N–H and O–H groups in total. The van der Waals surface area contributed by atoms with E-state index in [2.05, 4.69) is 10.9 Å². The van der Waals surface area contributed by atoms with Gasteiger partial charge in [-0.3, -0.25) is 0 Å². The summed E-state index contributed by atoms with van der Waals surface area (Å²) in [6, 6.07) is 0. The molecule has 0 spiro atoms. The van der Waals surface area contributed by atoms with Crippen molar-refractivity contribution in [1.82, 2.24) is 0 Å². The molecule has 0 unspecified atom stereocenters. The van der Waals surface area contributed by atoms with Crippen molar-refractivity contribution in [2.75, 3.05) is 6.61 Å². The molecule has 0 heterocycles. The lowest BCUT2D eigenvalue weighted by molar-refractivity contribution is 0.148. The van der Waals surface area contributed by atoms with Gasteiger partial charge in [0.15, 0.2) is 0 Å². The topological polar surface area (TPSA) is 78.8 Å². The minimum absolute atomic E-state index is 0.333. The van der Waals surface area contributed by atoms with Crippen LogP contribution in [0.25, 0.3) is 0 Å². The Labute approximate surface area is 41.3 Å². The van der Waals surface area contributed by atoms with E-state index >= 15 is 0 Å². The van der Waals surface area contributed by atoms with Gasteiger partial charge in [-0.15, -0.1) is 0 Å². The number of hydrogen-bond donors (Lipinski definition) is 3. The summed E-state index contributed by atoms with van der Waals surface area (Å²) in [7, 11) is 0. The molecule has 0 aliphatic rings. The number of nitrogens with zero attached hydrogens (tertiary/aromatic N) is 1. The predicted octanol–water partition coefficient (Wildman–Crippen LogP) is -1.72. The van der Waals surface area contributed by atoms with Gasteiger partial charge in [0.25, 0.3) is 0 Å². The summed E-state index contributed by atoms with van der Waals surface area (Å²) in [6.45, 7) is -0.333. The normalized spacial score (nSPS) is 15.1. The van der Waals surface area contributed by atoms with Gasteiger partial charge < -0.3 is 16.1 Å². The first-order valence-electron chi connectivity index (χ1n) is 1.83. The Hall–Kier alpha value is -0.610. The Morgan fingerprint density at radius 2 is 2.43 bits per heavy atom. The number of hydrazone groups is 1. The molecule has 7 heavy (non-hydrogen) atoms. The first-order chi connectivity index (χ1) is 3.31. The second-order valence-electron chi connectivity index (χ2n) is 1.05. The Morgan fingerprint density at radius 1 is 1.86 bits per heavy atom. The summed E-state index contributed by atoms with van der Waals surface area (Å²) in [6.07, 6.45) is 0.144. The SMILES string of the molecule is NN=C[C@H](O)CO. The highest BCUT2D eigenvalue weighted by atomic mass is 16.3. The van der Waals surface area contributed by atoms with Gasteiger partial charge in [0.05, 0.1) is 12.8 Å². The molecule has 1 atom stereocenters. The van der Waals surface area contributed by atoms with Crippen molar-refractivity contribution in [3.05, 3.63) is 0 Å². The lowest BCUT2D eigenvalue weighted by atomic mass is 10.4. The molecule has 0 aromatic rings. The van der Waals surface area contributed by atoms with E-state index in [0.717, 1.165) is 6.21 Å². The molecule has 4 heteroatoms. The summed E-state index contributed by atoms with van der Waals surface area (Å²) in [5.74, 6) is 4.60. The summed E-state index contributed by atoms with van der Waals surface area (Å²) >= 11 is 0. The van der Waals surface area contributed by atoms with Gasteiger partial charge in [0.1, 0.15) is 6.10 Å². The number of hydrogen-bond acceptors (Lipinski definition) is 4. The van der Waals surface area contributed by atoms with Crippen molar-refractivity contribution in [2.45, 2.75) is 6.10 Å². The Morgan fingerprint density at radius 3 is 2.57 bits per heavy atom. The van der Waals surface area contributed by atoms with Gasteiger partial charge in [-0.2, -0.15) is 5.10 Å². The zero-order valence-corrected chi connectivity index (χ0v) is 3.78. The number of nitrogens with two attached hydrogens (primary N) is 1. The summed E-state index contributed by atoms with van der Waals surface area (Å²) in [4.78, 5) is 0. The van der Waals surface area contributed by atoms with Crippen LogP contribution in [0.3, 0.4) is 0 Å². The molecule has 42 valence electrons. The zero-order valence-electron chi connectivity index (χ0n) is 3.78. The molecule has 0 saturated carbocycles. The average Bonchev–Trinajstić information content (AvgIpc) is 1.68. The molecular weight excluding hydrogens is 96.0 g/mol. The molecule has 0 aromatic carbocycles. The van der Waals surface area contributed by atoms with E-state index in [1.54, 1.807) is 0 Å². The highest BCUT2D eigenvalue weighted by Gasteiger charge is 1.91. The molecular formula is C3H8N2O2. The lowest BCUT2D eigenvalue weighted by Gasteiger charge is -1.93. The molecule has 0 saturated heterocycles. The van der Waals surface area contributed by atoms with Crippen molar-refractivity contribution in [1.29, 1.82) is 0 Å². The standard InChI is InChI=1S/C3H8N2O2/c4-5-1-3(7)2-6/h1,3,6-7H,2,4H2/t3-/m0/s1. The van der Waals surface area contributed by atoms with E-state index in [9.17, 15) is 0 Å². The van der Waals surface area contributed by atoms with Gasteiger partial charge in [-0.1, -0.05) is 0 Å². The number of aliphatic hydroxyl groups excluding tert-OH is 2. The van der Waals surface area contributed by atoms with Gasteiger partial charge in [0.2, 0.25) is 0 Å². The fraction of sp³-hybridized carbons (Fsp3) is 0.667. The molecule has 0 bridgehead atoms. The van der Waals surface area contributed by atoms with Gasteiger partial charge in [-0.05, 0) is 0 Å². The van der Waals surface area contributed by atoms with Crippen LogP contribution in [0.2, 0.25) is 0 Å². The average molecular weight is 104 g/mol. The van der Waals surface area contributed by atoms with Crippen LogP contribution in [-0.2, 0) is 0 Å². The largest absolute Gasteiger partial charge is 0.393 e. The maximum Gasteiger partial charge on any atom is 0.114 e. The maximum absolute atomic E-state index is 8.38. The van der Waals surface area contributed by atoms with E-state index < -0.39 is 6.10 Å². The third kappa shape index (κ3) is 3.21. The number of aliphatic hydroxyl groups is 2. The molecule has 4 nitrogen and oxygen atoms in total. The minimum atomic E-state index is -0.912. The second-order valence-corrected chi connectivity index (χ2v) is 1.05. The quantitative estimate of drug-likeness (QED) is 0.221. The first kappa shape index (κ1) is 6.39. The van der Waals surface area contributed by atoms with Crippen molar-refractivity contribution < 1.29 is 10.2 Å². The lowest BCUT2D eigenvalue weighted by Crippen LogP contribution is -2.13. The third-order valence-corrected chi connectivity index (χ3v) is 0.445. The fourth-order valence-electron chi connectivity index (χ4n) is 0.146. The molecule has 0 amide bonds. The van der Waals surface area contributed by atoms with Crippen molar-refractivity contribution in [2.24, 2.45) is 10.9 Å². The number of rotatable bonds is 2. The zero-order chi connectivity index (χ0) is 5.70. The maximum atomic E-state index is 8.38. The van der Waals surface area contributed by atoms with Crippen LogP contribution in [0.4, 0.5) is 0 Å². The Bertz CT molecular complexity index is 64.0. The Balaban J connectivity index is 3.16. The smallest absolute Gasteiger partial charge is 0.114 e. The molecule has 0 aliphatic carbocycles. The van der Waals surface area contributed by atoms with Gasteiger partial charge in [0, 0.05) is 0 Å². The van der Waals surface area contributed by atoms with Gasteiger partial charge in [-0.25, -0.2) is 0 Å². The molecule has 0 radical (unpaired) electrons. The van der Waals surface area contributed by atoms with E-state index in [1.807, 2.05) is 0 Å². The van der Waals surface area contributed by atoms with Crippen molar-refractivity contribution in [3.63, 3.8) is 0 Å². The summed E-state index contributed by atoms with van der Waals surface area (Å²) < 4.78 is 0. The molecule has 0 aliphatic heterocycles. The Kier molecular flexibility index (Phi) is 3.26. The van der Waals surface area contributed by atoms with Crippen LogP contribution < -0.4 is 5.84 Å². The van der Waals surface area contributed by atoms with Crippen LogP contribution in [0.1, 0.15) is 0 Å². The van der Waals surface area contributed by atoms with Crippen molar-refractivity contribution >= 4 is 6.21 Å². The molecule has 0 fully saturated rings. The third-order valence-electron chi connectivity index (χ3n) is 0.445.